The maximum atomic E-state index is 14.2. The van der Waals surface area contributed by atoms with Crippen LogP contribution in [0.25, 0.3) is 0 Å². The molecule has 5 saturated heterocycles. The van der Waals surface area contributed by atoms with Crippen molar-refractivity contribution < 1.29 is 43.3 Å². The zero-order valence-electron chi connectivity index (χ0n) is 25.7. The zero-order valence-corrected chi connectivity index (χ0v) is 25.7. The van der Waals surface area contributed by atoms with E-state index >= 15 is 0 Å². The SMILES string of the molecule is CC(=O)N1CCC(N2C[C@@H]3C[C@H]2C(=O)N2CCN(C(=O)c4ccc(F)cc4)[C@@H](C2)C(=O)NC[C@H]2O[C@@H](CC(=O)N3)[C@H](O)[C@@H]2O)CC1. The highest BCUT2D eigenvalue weighted by molar-refractivity contribution is 5.98. The van der Waals surface area contributed by atoms with Gasteiger partial charge in [0.25, 0.3) is 5.91 Å². The van der Waals surface area contributed by atoms with Crippen molar-refractivity contribution in [3.63, 3.8) is 0 Å². The monoisotopic (exact) mass is 644 g/mol. The Bertz CT molecular complexity index is 1360. The number of nitrogens with zero attached hydrogens (tertiary/aromatic N) is 4. The number of piperazine rings is 1. The van der Waals surface area contributed by atoms with Crippen LogP contribution in [0.5, 0.6) is 0 Å². The number of nitrogens with one attached hydrogen (secondary N) is 2. The van der Waals surface area contributed by atoms with Crippen molar-refractivity contribution in [1.29, 1.82) is 0 Å². The van der Waals surface area contributed by atoms with Crippen molar-refractivity contribution in [1.82, 2.24) is 30.2 Å². The lowest BCUT2D eigenvalue weighted by atomic mass is 10.0. The fraction of sp³-hybridized carbons (Fsp3) is 0.645. The third-order valence-electron chi connectivity index (χ3n) is 10.0. The van der Waals surface area contributed by atoms with Gasteiger partial charge in [0.15, 0.2) is 0 Å². The second-order valence-electron chi connectivity index (χ2n) is 12.9. The number of hydrogen-bond donors (Lipinski definition) is 4. The smallest absolute Gasteiger partial charge is 0.254 e. The van der Waals surface area contributed by atoms with E-state index in [1.54, 1.807) is 9.80 Å². The Morgan fingerprint density at radius 1 is 0.935 bits per heavy atom. The number of halogens is 1. The molecule has 0 spiro atoms. The van der Waals surface area contributed by atoms with Gasteiger partial charge in [-0.3, -0.25) is 28.9 Å². The lowest BCUT2D eigenvalue weighted by molar-refractivity contribution is -0.143. The Kier molecular flexibility index (Phi) is 9.28. The van der Waals surface area contributed by atoms with Crippen molar-refractivity contribution in [3.8, 4) is 0 Å². The van der Waals surface area contributed by atoms with Gasteiger partial charge >= 0.3 is 0 Å². The van der Waals surface area contributed by atoms with Gasteiger partial charge in [0, 0.05) is 63.8 Å². The predicted molar refractivity (Wildman–Crippen MR) is 158 cm³/mol. The average Bonchev–Trinajstić information content (AvgIpc) is 3.58. The van der Waals surface area contributed by atoms with Crippen LogP contribution in [0.2, 0.25) is 0 Å². The van der Waals surface area contributed by atoms with Crippen LogP contribution in [0.15, 0.2) is 24.3 Å². The van der Waals surface area contributed by atoms with Crippen molar-refractivity contribution >= 4 is 29.5 Å². The molecule has 6 bridgehead atoms. The summed E-state index contributed by atoms with van der Waals surface area (Å²) >= 11 is 0. The maximum Gasteiger partial charge on any atom is 0.254 e. The van der Waals surface area contributed by atoms with Gasteiger partial charge in [0.2, 0.25) is 23.6 Å². The number of rotatable bonds is 2. The number of aliphatic hydroxyl groups is 2. The summed E-state index contributed by atoms with van der Waals surface area (Å²) in [6.07, 6.45) is -3.29. The minimum Gasteiger partial charge on any atom is -0.388 e. The molecule has 14 nitrogen and oxygen atoms in total. The standard InChI is InChI=1S/C31H41FN6O8/c1-17(39)35-8-6-21(7-9-35)38-15-20-12-22(38)31(45)36-10-11-37(30(44)18-2-4-19(32)5-3-18)23(16-36)29(43)33-14-25-28(42)27(41)24(46-25)13-26(40)34-20/h2-5,20-25,27-28,41-42H,6-16H2,1H3,(H,33,43)(H,34,40)/t20-,22-,23-,24-,25+,27-,28+/m0/s1. The van der Waals surface area contributed by atoms with Gasteiger partial charge in [0.1, 0.15) is 30.2 Å². The average molecular weight is 645 g/mol. The van der Waals surface area contributed by atoms with Gasteiger partial charge in [-0.15, -0.1) is 0 Å². The third-order valence-corrected chi connectivity index (χ3v) is 10.0. The van der Waals surface area contributed by atoms with Crippen LogP contribution in [-0.4, -0.2) is 154 Å². The normalized spacial score (nSPS) is 33.2. The van der Waals surface area contributed by atoms with Crippen LogP contribution in [0, 0.1) is 5.82 Å². The molecule has 5 fully saturated rings. The van der Waals surface area contributed by atoms with Crippen LogP contribution in [-0.2, 0) is 23.9 Å². The number of amides is 5. The summed E-state index contributed by atoms with van der Waals surface area (Å²) in [4.78, 5) is 73.3. The molecule has 0 radical (unpaired) electrons. The first-order chi connectivity index (χ1) is 22.0. The first-order valence-electron chi connectivity index (χ1n) is 16.0. The summed E-state index contributed by atoms with van der Waals surface area (Å²) in [7, 11) is 0. The molecule has 0 unspecified atom stereocenters. The minimum atomic E-state index is -1.36. The summed E-state index contributed by atoms with van der Waals surface area (Å²) < 4.78 is 19.4. The molecule has 4 N–H and O–H groups in total. The molecule has 0 aromatic heterocycles. The van der Waals surface area contributed by atoms with Crippen LogP contribution < -0.4 is 10.6 Å². The molecule has 0 saturated carbocycles. The number of ether oxygens (including phenoxy) is 1. The Labute approximate surface area is 265 Å². The molecule has 5 heterocycles. The fourth-order valence-corrected chi connectivity index (χ4v) is 7.50. The van der Waals surface area contributed by atoms with Crippen LogP contribution in [0.1, 0.15) is 43.0 Å². The van der Waals surface area contributed by atoms with Crippen LogP contribution >= 0.6 is 0 Å². The Hall–Kier alpha value is -3.66. The highest BCUT2D eigenvalue weighted by Crippen LogP contribution is 2.30. The molecule has 250 valence electrons. The largest absolute Gasteiger partial charge is 0.388 e. The number of likely N-dealkylation sites (tertiary alicyclic amines) is 2. The van der Waals surface area contributed by atoms with Gasteiger partial charge in [-0.1, -0.05) is 0 Å². The molecule has 15 heteroatoms. The Morgan fingerprint density at radius 2 is 1.63 bits per heavy atom. The van der Waals surface area contributed by atoms with Crippen LogP contribution in [0.3, 0.4) is 0 Å². The molecule has 5 amide bonds. The molecule has 7 atom stereocenters. The number of aliphatic hydroxyl groups excluding tert-OH is 2. The van der Waals surface area contributed by atoms with E-state index in [0.29, 0.717) is 38.9 Å². The number of piperidine rings is 1. The summed E-state index contributed by atoms with van der Waals surface area (Å²) in [5, 5.41) is 27.0. The summed E-state index contributed by atoms with van der Waals surface area (Å²) in [5.74, 6) is -2.17. The summed E-state index contributed by atoms with van der Waals surface area (Å²) in [6, 6.07) is 2.94. The lowest BCUT2D eigenvalue weighted by Gasteiger charge is -2.43. The lowest BCUT2D eigenvalue weighted by Crippen LogP contribution is -2.64. The van der Waals surface area contributed by atoms with E-state index in [2.05, 4.69) is 15.5 Å². The quantitative estimate of drug-likeness (QED) is 0.286. The predicted octanol–water partition coefficient (Wildman–Crippen LogP) is -1.94. The van der Waals surface area contributed by atoms with Gasteiger partial charge in [-0.05, 0) is 43.5 Å². The van der Waals surface area contributed by atoms with Crippen molar-refractivity contribution in [2.24, 2.45) is 0 Å². The van der Waals surface area contributed by atoms with Crippen molar-refractivity contribution in [2.75, 3.05) is 45.8 Å². The second kappa shape index (κ2) is 13.2. The molecule has 1 aromatic carbocycles. The molecular formula is C31H41FN6O8. The first-order valence-corrected chi connectivity index (χ1v) is 16.0. The van der Waals surface area contributed by atoms with E-state index in [4.69, 9.17) is 4.74 Å². The molecular weight excluding hydrogens is 603 g/mol. The van der Waals surface area contributed by atoms with Gasteiger partial charge in [0.05, 0.1) is 25.1 Å². The number of fused-ring (bicyclic) bond motifs is 6. The molecule has 5 aliphatic heterocycles. The molecule has 0 aliphatic carbocycles. The highest BCUT2D eigenvalue weighted by Gasteiger charge is 2.48. The van der Waals surface area contributed by atoms with E-state index in [-0.39, 0.29) is 68.0 Å². The van der Waals surface area contributed by atoms with Crippen LogP contribution in [0.4, 0.5) is 4.39 Å². The number of hydrogen-bond acceptors (Lipinski definition) is 9. The van der Waals surface area contributed by atoms with Gasteiger partial charge in [-0.25, -0.2) is 4.39 Å². The van der Waals surface area contributed by atoms with E-state index in [0.717, 1.165) is 12.1 Å². The summed E-state index contributed by atoms with van der Waals surface area (Å²) in [6.45, 7) is 2.97. The maximum absolute atomic E-state index is 14.2. The molecule has 6 rings (SSSR count). The number of carbonyl (C=O) groups is 5. The Morgan fingerprint density at radius 3 is 2.33 bits per heavy atom. The zero-order chi connectivity index (χ0) is 32.7. The molecule has 5 aliphatic rings. The number of benzene rings is 1. The van der Waals surface area contributed by atoms with Crippen molar-refractivity contribution in [3.05, 3.63) is 35.6 Å². The van der Waals surface area contributed by atoms with Gasteiger partial charge in [-0.2, -0.15) is 0 Å². The number of carbonyl (C=O) groups excluding carboxylic acids is 5. The first kappa shape index (κ1) is 32.3. The van der Waals surface area contributed by atoms with E-state index in [1.165, 1.54) is 24.0 Å². The van der Waals surface area contributed by atoms with Gasteiger partial charge < -0.3 is 40.3 Å². The Balaban J connectivity index is 1.28. The highest BCUT2D eigenvalue weighted by atomic mass is 19.1. The topological polar surface area (TPSA) is 172 Å². The minimum absolute atomic E-state index is 0.00366. The van der Waals surface area contributed by atoms with E-state index in [9.17, 15) is 38.6 Å². The van der Waals surface area contributed by atoms with E-state index < -0.39 is 54.1 Å². The third kappa shape index (κ3) is 6.46. The summed E-state index contributed by atoms with van der Waals surface area (Å²) in [5.41, 5.74) is 0.194. The van der Waals surface area contributed by atoms with E-state index in [1.807, 2.05) is 0 Å². The fourth-order valence-electron chi connectivity index (χ4n) is 7.50. The second-order valence-corrected chi connectivity index (χ2v) is 12.9. The van der Waals surface area contributed by atoms with Crippen molar-refractivity contribution in [2.45, 2.75) is 81.2 Å². The molecule has 1 aromatic rings. The molecule has 46 heavy (non-hydrogen) atoms.